The number of likely N-dealkylation sites (N-methyl/N-ethyl adjacent to an activating group) is 1. The normalized spacial score (nSPS) is 16.6. The van der Waals surface area contributed by atoms with Crippen LogP contribution in [0.25, 0.3) is 0 Å². The molecular formula is C15H23NO. The third-order valence-electron chi connectivity index (χ3n) is 3.40. The predicted octanol–water partition coefficient (Wildman–Crippen LogP) is 3.11. The third kappa shape index (κ3) is 3.74. The molecule has 0 aliphatic heterocycles. The van der Waals surface area contributed by atoms with Gasteiger partial charge in [-0.3, -0.25) is 0 Å². The highest BCUT2D eigenvalue weighted by Crippen LogP contribution is 2.26. The fourth-order valence-electron chi connectivity index (χ4n) is 2.36. The van der Waals surface area contributed by atoms with Crippen molar-refractivity contribution in [2.75, 3.05) is 20.6 Å². The molecular weight excluding hydrogens is 210 g/mol. The molecule has 1 saturated carbocycles. The zero-order valence-electron chi connectivity index (χ0n) is 11.0. The lowest BCUT2D eigenvalue weighted by molar-refractivity contribution is 0.207. The molecule has 0 atom stereocenters. The molecule has 1 aromatic rings. The predicted molar refractivity (Wildman–Crippen MR) is 71.6 cm³/mol. The molecule has 1 aliphatic carbocycles. The molecule has 94 valence electrons. The standard InChI is InChI=1S/C15H23NO/c1-16(2)12-11-13-7-3-6-10-15(13)17-14-8-4-5-9-14/h3,6-7,10,14H,4-5,8-9,11-12H2,1-2H3. The van der Waals surface area contributed by atoms with Crippen molar-refractivity contribution in [3.63, 3.8) is 0 Å². The first-order valence-corrected chi connectivity index (χ1v) is 6.65. The first kappa shape index (κ1) is 12.4. The first-order valence-electron chi connectivity index (χ1n) is 6.65. The van der Waals surface area contributed by atoms with Crippen LogP contribution in [0.2, 0.25) is 0 Å². The first-order chi connectivity index (χ1) is 8.25. The summed E-state index contributed by atoms with van der Waals surface area (Å²) in [4.78, 5) is 2.21. The van der Waals surface area contributed by atoms with Gasteiger partial charge in [-0.15, -0.1) is 0 Å². The molecule has 0 heterocycles. The van der Waals surface area contributed by atoms with Crippen molar-refractivity contribution in [2.24, 2.45) is 0 Å². The van der Waals surface area contributed by atoms with Crippen molar-refractivity contribution >= 4 is 0 Å². The lowest BCUT2D eigenvalue weighted by Crippen LogP contribution is -2.17. The van der Waals surface area contributed by atoms with Gasteiger partial charge in [0, 0.05) is 6.54 Å². The zero-order chi connectivity index (χ0) is 12.1. The number of rotatable bonds is 5. The van der Waals surface area contributed by atoms with Crippen LogP contribution in [0.4, 0.5) is 0 Å². The lowest BCUT2D eigenvalue weighted by Gasteiger charge is -2.17. The van der Waals surface area contributed by atoms with Gasteiger partial charge in [0.15, 0.2) is 0 Å². The molecule has 1 aliphatic rings. The van der Waals surface area contributed by atoms with Crippen LogP contribution in [0.1, 0.15) is 31.2 Å². The average Bonchev–Trinajstić information content (AvgIpc) is 2.80. The molecule has 2 nitrogen and oxygen atoms in total. The summed E-state index contributed by atoms with van der Waals surface area (Å²) in [5, 5.41) is 0. The summed E-state index contributed by atoms with van der Waals surface area (Å²) in [6.45, 7) is 1.07. The number of benzene rings is 1. The highest BCUT2D eigenvalue weighted by molar-refractivity contribution is 5.33. The van der Waals surface area contributed by atoms with Gasteiger partial charge in [0.1, 0.15) is 5.75 Å². The van der Waals surface area contributed by atoms with Crippen LogP contribution in [0.5, 0.6) is 5.75 Å². The molecule has 0 N–H and O–H groups in total. The summed E-state index contributed by atoms with van der Waals surface area (Å²) < 4.78 is 6.12. The summed E-state index contributed by atoms with van der Waals surface area (Å²) >= 11 is 0. The zero-order valence-corrected chi connectivity index (χ0v) is 11.0. The summed E-state index contributed by atoms with van der Waals surface area (Å²) in [6.07, 6.45) is 6.62. The van der Waals surface area contributed by atoms with Crippen molar-refractivity contribution in [3.8, 4) is 5.75 Å². The smallest absolute Gasteiger partial charge is 0.122 e. The Hall–Kier alpha value is -1.02. The molecule has 1 fully saturated rings. The van der Waals surface area contributed by atoms with Crippen LogP contribution in [0, 0.1) is 0 Å². The van der Waals surface area contributed by atoms with Gasteiger partial charge in [0.05, 0.1) is 6.10 Å². The van der Waals surface area contributed by atoms with E-state index >= 15 is 0 Å². The van der Waals surface area contributed by atoms with E-state index in [-0.39, 0.29) is 0 Å². The minimum absolute atomic E-state index is 0.454. The summed E-state index contributed by atoms with van der Waals surface area (Å²) in [6, 6.07) is 8.48. The lowest BCUT2D eigenvalue weighted by atomic mass is 10.1. The van der Waals surface area contributed by atoms with Crippen molar-refractivity contribution in [3.05, 3.63) is 29.8 Å². The van der Waals surface area contributed by atoms with E-state index in [0.29, 0.717) is 6.10 Å². The highest BCUT2D eigenvalue weighted by Gasteiger charge is 2.17. The molecule has 0 amide bonds. The van der Waals surface area contributed by atoms with E-state index in [1.54, 1.807) is 0 Å². The monoisotopic (exact) mass is 233 g/mol. The molecule has 17 heavy (non-hydrogen) atoms. The summed E-state index contributed by atoms with van der Waals surface area (Å²) in [5.74, 6) is 1.10. The Balaban J connectivity index is 1.99. The van der Waals surface area contributed by atoms with Crippen LogP contribution in [-0.2, 0) is 6.42 Å². The highest BCUT2D eigenvalue weighted by atomic mass is 16.5. The number of para-hydroxylation sites is 1. The Bertz CT molecular complexity index is 343. The minimum atomic E-state index is 0.454. The van der Waals surface area contributed by atoms with E-state index in [2.05, 4.69) is 43.3 Å². The average molecular weight is 233 g/mol. The number of hydrogen-bond acceptors (Lipinski definition) is 2. The Morgan fingerprint density at radius 2 is 1.88 bits per heavy atom. The maximum atomic E-state index is 6.12. The van der Waals surface area contributed by atoms with Crippen molar-refractivity contribution in [1.29, 1.82) is 0 Å². The van der Waals surface area contributed by atoms with Gasteiger partial charge in [0.2, 0.25) is 0 Å². The molecule has 0 saturated heterocycles. The topological polar surface area (TPSA) is 12.5 Å². The molecule has 0 spiro atoms. The Morgan fingerprint density at radius 1 is 1.18 bits per heavy atom. The van der Waals surface area contributed by atoms with E-state index in [0.717, 1.165) is 18.7 Å². The largest absolute Gasteiger partial charge is 0.490 e. The van der Waals surface area contributed by atoms with Gasteiger partial charge in [-0.2, -0.15) is 0 Å². The maximum absolute atomic E-state index is 6.12. The molecule has 0 radical (unpaired) electrons. The van der Waals surface area contributed by atoms with E-state index in [1.165, 1.54) is 31.2 Å². The van der Waals surface area contributed by atoms with Gasteiger partial charge in [0.25, 0.3) is 0 Å². The van der Waals surface area contributed by atoms with Crippen molar-refractivity contribution < 1.29 is 4.74 Å². The summed E-state index contributed by atoms with van der Waals surface area (Å²) in [7, 11) is 4.22. The number of nitrogens with zero attached hydrogens (tertiary/aromatic N) is 1. The number of hydrogen-bond donors (Lipinski definition) is 0. The van der Waals surface area contributed by atoms with Crippen LogP contribution in [-0.4, -0.2) is 31.6 Å². The summed E-state index contributed by atoms with van der Waals surface area (Å²) in [5.41, 5.74) is 1.34. The van der Waals surface area contributed by atoms with Gasteiger partial charge < -0.3 is 9.64 Å². The maximum Gasteiger partial charge on any atom is 0.122 e. The van der Waals surface area contributed by atoms with Gasteiger partial charge in [-0.05, 0) is 57.8 Å². The molecule has 1 aromatic carbocycles. The molecule has 0 bridgehead atoms. The molecule has 2 heteroatoms. The van der Waals surface area contributed by atoms with E-state index in [4.69, 9.17) is 4.74 Å². The molecule has 0 unspecified atom stereocenters. The minimum Gasteiger partial charge on any atom is -0.490 e. The van der Waals surface area contributed by atoms with E-state index in [9.17, 15) is 0 Å². The van der Waals surface area contributed by atoms with Crippen molar-refractivity contribution in [2.45, 2.75) is 38.2 Å². The third-order valence-corrected chi connectivity index (χ3v) is 3.40. The van der Waals surface area contributed by atoms with Gasteiger partial charge in [-0.25, -0.2) is 0 Å². The second kappa shape index (κ2) is 6.06. The van der Waals surface area contributed by atoms with Crippen LogP contribution >= 0.6 is 0 Å². The Morgan fingerprint density at radius 3 is 2.59 bits per heavy atom. The SMILES string of the molecule is CN(C)CCc1ccccc1OC1CCCC1. The number of ether oxygens (including phenoxy) is 1. The second-order valence-corrected chi connectivity index (χ2v) is 5.19. The van der Waals surface area contributed by atoms with Crippen LogP contribution < -0.4 is 4.74 Å². The van der Waals surface area contributed by atoms with Gasteiger partial charge >= 0.3 is 0 Å². The molecule has 0 aromatic heterocycles. The van der Waals surface area contributed by atoms with Crippen molar-refractivity contribution in [1.82, 2.24) is 4.90 Å². The Kier molecular flexibility index (Phi) is 4.43. The second-order valence-electron chi connectivity index (χ2n) is 5.19. The van der Waals surface area contributed by atoms with Crippen LogP contribution in [0.3, 0.4) is 0 Å². The van der Waals surface area contributed by atoms with Gasteiger partial charge in [-0.1, -0.05) is 18.2 Å². The molecule has 2 rings (SSSR count). The van der Waals surface area contributed by atoms with E-state index in [1.807, 2.05) is 0 Å². The van der Waals surface area contributed by atoms with Crippen LogP contribution in [0.15, 0.2) is 24.3 Å². The quantitative estimate of drug-likeness (QED) is 0.775. The fraction of sp³-hybridized carbons (Fsp3) is 0.600. The fourth-order valence-corrected chi connectivity index (χ4v) is 2.36. The van der Waals surface area contributed by atoms with E-state index < -0.39 is 0 Å². The Labute approximate surface area is 105 Å².